The van der Waals surface area contributed by atoms with Gasteiger partial charge in [-0.1, -0.05) is 60.7 Å². The van der Waals surface area contributed by atoms with E-state index in [1.807, 2.05) is 18.3 Å². The molecule has 33 heavy (non-hydrogen) atoms. The first-order chi connectivity index (χ1) is 16.2. The molecule has 5 rings (SSSR count). The zero-order chi connectivity index (χ0) is 22.6. The van der Waals surface area contributed by atoms with Crippen LogP contribution in [-0.4, -0.2) is 34.8 Å². The minimum atomic E-state index is -0.185. The molecule has 0 unspecified atom stereocenters. The van der Waals surface area contributed by atoms with Gasteiger partial charge in [-0.2, -0.15) is 0 Å². The Morgan fingerprint density at radius 2 is 1.42 bits per heavy atom. The maximum atomic E-state index is 12.6. The molecule has 0 atom stereocenters. The molecule has 3 aromatic carbocycles. The van der Waals surface area contributed by atoms with Crippen molar-refractivity contribution in [3.05, 3.63) is 108 Å². The van der Waals surface area contributed by atoms with Gasteiger partial charge in [0.05, 0.1) is 22.3 Å². The van der Waals surface area contributed by atoms with Crippen LogP contribution in [-0.2, 0) is 6.54 Å². The van der Waals surface area contributed by atoms with Crippen LogP contribution < -0.4 is 4.90 Å². The molecule has 0 bridgehead atoms. The van der Waals surface area contributed by atoms with Gasteiger partial charge in [-0.3, -0.25) is 19.5 Å². The van der Waals surface area contributed by atoms with Gasteiger partial charge >= 0.3 is 0 Å². The molecule has 4 aromatic rings. The highest BCUT2D eigenvalue weighted by Crippen LogP contribution is 2.27. The predicted molar refractivity (Wildman–Crippen MR) is 130 cm³/mol. The number of nitrogens with zero attached hydrogens (tertiary/aromatic N) is 3. The molecule has 0 fully saturated rings. The third-order valence-electron chi connectivity index (χ3n) is 6.11. The molecule has 164 valence electrons. The van der Waals surface area contributed by atoms with E-state index in [2.05, 4.69) is 58.4 Å². The van der Waals surface area contributed by atoms with E-state index in [0.717, 1.165) is 42.5 Å². The Bertz CT molecular complexity index is 1260. The average molecular weight is 436 g/mol. The summed E-state index contributed by atoms with van der Waals surface area (Å²) in [7, 11) is 0. The van der Waals surface area contributed by atoms with E-state index in [1.54, 1.807) is 24.3 Å². The fraction of sp³-hybridized carbons (Fsp3) is 0.179. The van der Waals surface area contributed by atoms with E-state index in [4.69, 9.17) is 0 Å². The van der Waals surface area contributed by atoms with E-state index in [0.29, 0.717) is 17.7 Å². The summed E-state index contributed by atoms with van der Waals surface area (Å²) in [5.74, 6) is -0.370. The molecule has 1 aliphatic heterocycles. The lowest BCUT2D eigenvalue weighted by molar-refractivity contribution is 0.0652. The minimum absolute atomic E-state index is 0.185. The normalized spacial score (nSPS) is 12.9. The number of fused-ring (bicyclic) bond motifs is 2. The summed E-state index contributed by atoms with van der Waals surface area (Å²) in [6.45, 7) is 2.00. The first kappa shape index (κ1) is 20.9. The van der Waals surface area contributed by atoms with Gasteiger partial charge in [0, 0.05) is 31.2 Å². The van der Waals surface area contributed by atoms with Crippen molar-refractivity contribution in [2.75, 3.05) is 18.0 Å². The van der Waals surface area contributed by atoms with Crippen molar-refractivity contribution in [1.82, 2.24) is 9.88 Å². The van der Waals surface area contributed by atoms with Crippen molar-refractivity contribution in [2.45, 2.75) is 19.4 Å². The number of carbonyl (C=O) groups is 2. The number of benzene rings is 3. The molecule has 0 aliphatic carbocycles. The van der Waals surface area contributed by atoms with Gasteiger partial charge in [0.15, 0.2) is 0 Å². The Hall–Kier alpha value is -3.99. The number of hydrogen-bond acceptors (Lipinski definition) is 4. The summed E-state index contributed by atoms with van der Waals surface area (Å²) in [6.07, 6.45) is 3.42. The van der Waals surface area contributed by atoms with Crippen molar-refractivity contribution in [2.24, 2.45) is 0 Å². The number of hydrogen-bond donors (Lipinski definition) is 0. The molecule has 0 N–H and O–H groups in total. The van der Waals surface area contributed by atoms with Gasteiger partial charge in [-0.05, 0) is 42.7 Å². The fourth-order valence-corrected chi connectivity index (χ4v) is 4.45. The lowest BCUT2D eigenvalue weighted by Gasteiger charge is -2.26. The van der Waals surface area contributed by atoms with Gasteiger partial charge in [-0.25, -0.2) is 0 Å². The number of anilines is 1. The molecule has 1 aromatic heterocycles. The molecule has 0 radical (unpaired) electrons. The van der Waals surface area contributed by atoms with E-state index < -0.39 is 0 Å². The molecule has 5 nitrogen and oxygen atoms in total. The Morgan fingerprint density at radius 1 is 0.727 bits per heavy atom. The second-order valence-electron chi connectivity index (χ2n) is 8.27. The SMILES string of the molecule is O=C1c2ccccc2C(=O)N1CCCCN(Cc1ccccc1)c1cccc2cccnc12. The molecule has 0 saturated carbocycles. The molecule has 0 saturated heterocycles. The van der Waals surface area contributed by atoms with Crippen molar-refractivity contribution >= 4 is 28.4 Å². The molecule has 2 heterocycles. The summed E-state index contributed by atoms with van der Waals surface area (Å²) >= 11 is 0. The minimum Gasteiger partial charge on any atom is -0.365 e. The van der Waals surface area contributed by atoms with Crippen LogP contribution in [0.3, 0.4) is 0 Å². The van der Waals surface area contributed by atoms with Crippen LogP contribution in [0.2, 0.25) is 0 Å². The molecule has 5 heteroatoms. The van der Waals surface area contributed by atoms with Crippen LogP contribution in [0.1, 0.15) is 39.1 Å². The maximum absolute atomic E-state index is 12.6. The molecule has 0 spiro atoms. The first-order valence-electron chi connectivity index (χ1n) is 11.3. The van der Waals surface area contributed by atoms with Crippen LogP contribution in [0.5, 0.6) is 0 Å². The molecule has 1 aliphatic rings. The summed E-state index contributed by atoms with van der Waals surface area (Å²) in [5, 5.41) is 1.11. The standard InChI is InChI=1S/C28H25N3O2/c32-27-23-14-4-5-15-24(23)28(33)31(27)19-7-6-18-30(20-21-10-2-1-3-11-21)25-16-8-12-22-13-9-17-29-26(22)25/h1-5,8-17H,6-7,18-20H2. The van der Waals surface area contributed by atoms with Crippen molar-refractivity contribution in [1.29, 1.82) is 0 Å². The van der Waals surface area contributed by atoms with E-state index in [9.17, 15) is 9.59 Å². The smallest absolute Gasteiger partial charge is 0.261 e. The monoisotopic (exact) mass is 435 g/mol. The lowest BCUT2D eigenvalue weighted by Crippen LogP contribution is -2.31. The Labute approximate surface area is 193 Å². The van der Waals surface area contributed by atoms with Gasteiger partial charge in [0.25, 0.3) is 11.8 Å². The summed E-state index contributed by atoms with van der Waals surface area (Å²) in [6, 6.07) is 27.7. The first-order valence-corrected chi connectivity index (χ1v) is 11.3. The zero-order valence-corrected chi connectivity index (χ0v) is 18.4. The summed E-state index contributed by atoms with van der Waals surface area (Å²) in [4.78, 5) is 33.6. The zero-order valence-electron chi connectivity index (χ0n) is 18.4. The van der Waals surface area contributed by atoms with Gasteiger partial charge in [0.2, 0.25) is 0 Å². The summed E-state index contributed by atoms with van der Waals surface area (Å²) < 4.78 is 0. The maximum Gasteiger partial charge on any atom is 0.261 e. The van der Waals surface area contributed by atoms with Crippen LogP contribution >= 0.6 is 0 Å². The fourth-order valence-electron chi connectivity index (χ4n) is 4.45. The van der Waals surface area contributed by atoms with Gasteiger partial charge < -0.3 is 4.90 Å². The van der Waals surface area contributed by atoms with Crippen molar-refractivity contribution in [3.8, 4) is 0 Å². The summed E-state index contributed by atoms with van der Waals surface area (Å²) in [5.41, 5.74) is 4.32. The third-order valence-corrected chi connectivity index (χ3v) is 6.11. The predicted octanol–water partition coefficient (Wildman–Crippen LogP) is 5.32. The quantitative estimate of drug-likeness (QED) is 0.278. The van der Waals surface area contributed by atoms with Crippen LogP contribution in [0.25, 0.3) is 10.9 Å². The van der Waals surface area contributed by atoms with Crippen molar-refractivity contribution in [3.63, 3.8) is 0 Å². The number of carbonyl (C=O) groups excluding carboxylic acids is 2. The Balaban J connectivity index is 1.30. The van der Waals surface area contributed by atoms with E-state index in [1.165, 1.54) is 10.5 Å². The van der Waals surface area contributed by atoms with Gasteiger partial charge in [0.1, 0.15) is 0 Å². The third kappa shape index (κ3) is 4.22. The second-order valence-corrected chi connectivity index (χ2v) is 8.27. The molecular formula is C28H25N3O2. The lowest BCUT2D eigenvalue weighted by atomic mass is 10.1. The van der Waals surface area contributed by atoms with E-state index >= 15 is 0 Å². The number of unbranched alkanes of at least 4 members (excludes halogenated alkanes) is 1. The average Bonchev–Trinajstić information content (AvgIpc) is 3.11. The number of para-hydroxylation sites is 1. The Morgan fingerprint density at radius 3 is 2.18 bits per heavy atom. The highest BCUT2D eigenvalue weighted by atomic mass is 16.2. The Kier molecular flexibility index (Phi) is 5.85. The highest BCUT2D eigenvalue weighted by Gasteiger charge is 2.34. The van der Waals surface area contributed by atoms with Crippen LogP contribution in [0.15, 0.2) is 91.1 Å². The molecule has 2 amide bonds. The van der Waals surface area contributed by atoms with E-state index in [-0.39, 0.29) is 11.8 Å². The topological polar surface area (TPSA) is 53.5 Å². The van der Waals surface area contributed by atoms with Crippen LogP contribution in [0.4, 0.5) is 5.69 Å². The van der Waals surface area contributed by atoms with Crippen molar-refractivity contribution < 1.29 is 9.59 Å². The molecular weight excluding hydrogens is 410 g/mol. The largest absolute Gasteiger partial charge is 0.365 e. The number of imide groups is 1. The number of amides is 2. The van der Waals surface area contributed by atoms with Crippen LogP contribution in [0, 0.1) is 0 Å². The second kappa shape index (κ2) is 9.25. The number of pyridine rings is 1. The highest BCUT2D eigenvalue weighted by molar-refractivity contribution is 6.21. The number of aromatic nitrogens is 1. The van der Waals surface area contributed by atoms with Gasteiger partial charge in [-0.15, -0.1) is 0 Å². The number of rotatable bonds is 8.